The Morgan fingerprint density at radius 3 is 2.48 bits per heavy atom. The number of hydrogen-bond acceptors (Lipinski definition) is 1. The summed E-state index contributed by atoms with van der Waals surface area (Å²) in [5.74, 6) is 0. The predicted molar refractivity (Wildman–Crippen MR) is 93.2 cm³/mol. The van der Waals surface area contributed by atoms with Crippen LogP contribution < -0.4 is 0 Å². The van der Waals surface area contributed by atoms with Crippen LogP contribution in [0, 0.1) is 5.41 Å². The van der Waals surface area contributed by atoms with Crippen molar-refractivity contribution in [1.29, 1.82) is 0 Å². The maximum absolute atomic E-state index is 8.91. The number of allylic oxidation sites excluding steroid dienone is 9. The summed E-state index contributed by atoms with van der Waals surface area (Å²) in [6.45, 7) is 11.1. The smallest absolute Gasteiger partial charge is 0.0642 e. The van der Waals surface area contributed by atoms with Crippen LogP contribution in [-0.2, 0) is 0 Å². The molecule has 0 atom stereocenters. The van der Waals surface area contributed by atoms with Crippen LogP contribution in [0.15, 0.2) is 58.7 Å². The lowest BCUT2D eigenvalue weighted by Gasteiger charge is -2.32. The van der Waals surface area contributed by atoms with E-state index in [4.69, 9.17) is 5.11 Å². The minimum atomic E-state index is 0.120. The van der Waals surface area contributed by atoms with Crippen LogP contribution in [-0.4, -0.2) is 11.7 Å². The zero-order valence-corrected chi connectivity index (χ0v) is 14.2. The zero-order valence-electron chi connectivity index (χ0n) is 14.2. The van der Waals surface area contributed by atoms with Gasteiger partial charge in [-0.3, -0.25) is 0 Å². The van der Waals surface area contributed by atoms with Crippen LogP contribution in [0.25, 0.3) is 0 Å². The SMILES string of the molecule is CC(C=CC1=C(C)CCCC1(C)C)=CC=CC=C(C)CO. The summed E-state index contributed by atoms with van der Waals surface area (Å²) < 4.78 is 0. The number of hydrogen-bond donors (Lipinski definition) is 1. The second-order valence-corrected chi connectivity index (χ2v) is 6.73. The fraction of sp³-hybridized carbons (Fsp3) is 0.500. The molecule has 1 N–H and O–H groups in total. The van der Waals surface area contributed by atoms with Gasteiger partial charge in [0.1, 0.15) is 0 Å². The molecular formula is C20H30O. The van der Waals surface area contributed by atoms with Crippen molar-refractivity contribution in [2.45, 2.75) is 53.9 Å². The average Bonchev–Trinajstić information content (AvgIpc) is 2.42. The molecule has 0 aromatic rings. The molecule has 0 unspecified atom stereocenters. The molecule has 0 saturated carbocycles. The predicted octanol–water partition coefficient (Wildman–Crippen LogP) is 5.51. The highest BCUT2D eigenvalue weighted by atomic mass is 16.3. The van der Waals surface area contributed by atoms with E-state index in [1.807, 2.05) is 25.2 Å². The molecule has 1 rings (SSSR count). The van der Waals surface area contributed by atoms with E-state index in [1.54, 1.807) is 0 Å². The van der Waals surface area contributed by atoms with Crippen LogP contribution in [0.5, 0.6) is 0 Å². The third-order valence-electron chi connectivity index (χ3n) is 4.16. The summed E-state index contributed by atoms with van der Waals surface area (Å²) in [7, 11) is 0. The quantitative estimate of drug-likeness (QED) is 0.661. The van der Waals surface area contributed by atoms with Crippen molar-refractivity contribution < 1.29 is 5.11 Å². The van der Waals surface area contributed by atoms with E-state index in [9.17, 15) is 0 Å². The van der Waals surface area contributed by atoms with E-state index >= 15 is 0 Å². The first-order chi connectivity index (χ1) is 9.86. The Hall–Kier alpha value is -1.34. The summed E-state index contributed by atoms with van der Waals surface area (Å²) in [5, 5.41) is 8.91. The molecule has 21 heavy (non-hydrogen) atoms. The van der Waals surface area contributed by atoms with Crippen LogP contribution in [0.3, 0.4) is 0 Å². The lowest BCUT2D eigenvalue weighted by atomic mass is 9.72. The van der Waals surface area contributed by atoms with Crippen molar-refractivity contribution >= 4 is 0 Å². The fourth-order valence-electron chi connectivity index (χ4n) is 2.76. The maximum Gasteiger partial charge on any atom is 0.0642 e. The van der Waals surface area contributed by atoms with E-state index < -0.39 is 0 Å². The highest BCUT2D eigenvalue weighted by molar-refractivity contribution is 5.36. The monoisotopic (exact) mass is 286 g/mol. The lowest BCUT2D eigenvalue weighted by molar-refractivity contribution is 0.331. The first-order valence-electron chi connectivity index (χ1n) is 7.86. The molecule has 1 heteroatoms. The highest BCUT2D eigenvalue weighted by Crippen LogP contribution is 2.40. The highest BCUT2D eigenvalue weighted by Gasteiger charge is 2.26. The van der Waals surface area contributed by atoms with Gasteiger partial charge in [0.25, 0.3) is 0 Å². The molecule has 0 heterocycles. The van der Waals surface area contributed by atoms with Crippen molar-refractivity contribution in [3.8, 4) is 0 Å². The minimum Gasteiger partial charge on any atom is -0.392 e. The molecule has 0 aromatic carbocycles. The number of rotatable bonds is 5. The zero-order chi connectivity index (χ0) is 15.9. The van der Waals surface area contributed by atoms with Crippen LogP contribution >= 0.6 is 0 Å². The van der Waals surface area contributed by atoms with Crippen molar-refractivity contribution in [3.63, 3.8) is 0 Å². The Labute approximate surface area is 130 Å². The van der Waals surface area contributed by atoms with Gasteiger partial charge in [0, 0.05) is 0 Å². The first kappa shape index (κ1) is 17.7. The summed E-state index contributed by atoms with van der Waals surface area (Å²) in [6, 6.07) is 0. The molecule has 1 aliphatic rings. The first-order valence-corrected chi connectivity index (χ1v) is 7.86. The van der Waals surface area contributed by atoms with Gasteiger partial charge in [-0.15, -0.1) is 0 Å². The molecule has 1 nitrogen and oxygen atoms in total. The van der Waals surface area contributed by atoms with Crippen molar-refractivity contribution in [2.75, 3.05) is 6.61 Å². The van der Waals surface area contributed by atoms with Gasteiger partial charge in [-0.1, -0.05) is 61.4 Å². The number of aliphatic hydroxyl groups excluding tert-OH is 1. The maximum atomic E-state index is 8.91. The molecule has 0 amide bonds. The largest absolute Gasteiger partial charge is 0.392 e. The second kappa shape index (κ2) is 8.19. The van der Waals surface area contributed by atoms with Crippen molar-refractivity contribution in [1.82, 2.24) is 0 Å². The topological polar surface area (TPSA) is 20.2 Å². The molecule has 0 fully saturated rings. The molecular weight excluding hydrogens is 256 g/mol. The Bertz CT molecular complexity index is 496. The van der Waals surface area contributed by atoms with Gasteiger partial charge in [0.15, 0.2) is 0 Å². The van der Waals surface area contributed by atoms with Crippen LogP contribution in [0.1, 0.15) is 53.9 Å². The van der Waals surface area contributed by atoms with Gasteiger partial charge < -0.3 is 5.11 Å². The van der Waals surface area contributed by atoms with Crippen LogP contribution in [0.4, 0.5) is 0 Å². The summed E-state index contributed by atoms with van der Waals surface area (Å²) in [4.78, 5) is 0. The summed E-state index contributed by atoms with van der Waals surface area (Å²) in [5.41, 5.74) is 5.55. The molecule has 0 spiro atoms. The van der Waals surface area contributed by atoms with Gasteiger partial charge in [0.2, 0.25) is 0 Å². The Balaban J connectivity index is 2.75. The van der Waals surface area contributed by atoms with Crippen LogP contribution in [0.2, 0.25) is 0 Å². The Morgan fingerprint density at radius 2 is 1.86 bits per heavy atom. The normalized spacial score (nSPS) is 20.9. The van der Waals surface area contributed by atoms with Gasteiger partial charge in [-0.2, -0.15) is 0 Å². The molecule has 116 valence electrons. The van der Waals surface area contributed by atoms with E-state index in [2.05, 4.69) is 45.9 Å². The molecule has 0 aliphatic heterocycles. The third-order valence-corrected chi connectivity index (χ3v) is 4.16. The van der Waals surface area contributed by atoms with Gasteiger partial charge in [-0.25, -0.2) is 0 Å². The van der Waals surface area contributed by atoms with E-state index in [1.165, 1.54) is 36.0 Å². The fourth-order valence-corrected chi connectivity index (χ4v) is 2.76. The van der Waals surface area contributed by atoms with Gasteiger partial charge in [-0.05, 0) is 56.6 Å². The standard InChI is InChI=1S/C20H30O/c1-16(9-6-7-10-17(2)15-21)12-13-19-18(3)11-8-14-20(19,4)5/h6-7,9-10,12-13,21H,8,11,14-15H2,1-5H3. The molecule has 0 aromatic heterocycles. The molecule has 0 saturated heterocycles. The lowest BCUT2D eigenvalue weighted by Crippen LogP contribution is -2.19. The summed E-state index contributed by atoms with van der Waals surface area (Å²) >= 11 is 0. The van der Waals surface area contributed by atoms with E-state index in [-0.39, 0.29) is 6.61 Å². The van der Waals surface area contributed by atoms with E-state index in [0.717, 1.165) is 5.57 Å². The summed E-state index contributed by atoms with van der Waals surface area (Å²) in [6.07, 6.45) is 16.3. The molecule has 0 radical (unpaired) electrons. The van der Waals surface area contributed by atoms with Crippen molar-refractivity contribution in [2.24, 2.45) is 5.41 Å². The van der Waals surface area contributed by atoms with Crippen molar-refractivity contribution in [3.05, 3.63) is 58.7 Å². The Morgan fingerprint density at radius 1 is 1.19 bits per heavy atom. The second-order valence-electron chi connectivity index (χ2n) is 6.73. The van der Waals surface area contributed by atoms with Gasteiger partial charge >= 0.3 is 0 Å². The van der Waals surface area contributed by atoms with Gasteiger partial charge in [0.05, 0.1) is 6.61 Å². The molecule has 1 aliphatic carbocycles. The minimum absolute atomic E-state index is 0.120. The Kier molecular flexibility index (Phi) is 6.91. The number of aliphatic hydroxyl groups is 1. The average molecular weight is 286 g/mol. The third kappa shape index (κ3) is 5.89. The molecule has 0 bridgehead atoms. The van der Waals surface area contributed by atoms with E-state index in [0.29, 0.717) is 5.41 Å².